The summed E-state index contributed by atoms with van der Waals surface area (Å²) in [6, 6.07) is 10.3. The van der Waals surface area contributed by atoms with Crippen molar-refractivity contribution in [3.63, 3.8) is 0 Å². The third kappa shape index (κ3) is 3.95. The lowest BCUT2D eigenvalue weighted by Gasteiger charge is -2.36. The van der Waals surface area contributed by atoms with Crippen LogP contribution in [0.2, 0.25) is 0 Å². The third-order valence-corrected chi connectivity index (χ3v) is 5.54. The van der Waals surface area contributed by atoms with E-state index in [4.69, 9.17) is 9.26 Å². The lowest BCUT2D eigenvalue weighted by molar-refractivity contribution is 0.0741. The van der Waals surface area contributed by atoms with Gasteiger partial charge in [0.25, 0.3) is 5.91 Å². The van der Waals surface area contributed by atoms with E-state index in [1.54, 1.807) is 6.92 Å². The predicted octanol–water partition coefficient (Wildman–Crippen LogP) is 3.05. The van der Waals surface area contributed by atoms with Crippen LogP contribution in [0.4, 0.5) is 0 Å². The number of aromatic nitrogens is 1. The van der Waals surface area contributed by atoms with Gasteiger partial charge in [-0.3, -0.25) is 4.79 Å². The maximum atomic E-state index is 12.3. The van der Waals surface area contributed by atoms with E-state index in [1.165, 1.54) is 11.1 Å². The van der Waals surface area contributed by atoms with Crippen LogP contribution < -0.4 is 5.32 Å². The van der Waals surface area contributed by atoms with Crippen molar-refractivity contribution in [3.8, 4) is 0 Å². The highest BCUT2D eigenvalue weighted by Gasteiger charge is 2.34. The van der Waals surface area contributed by atoms with Crippen LogP contribution in [0.25, 0.3) is 0 Å². The number of nitrogens with one attached hydrogen (secondary N) is 1. The Labute approximate surface area is 139 Å². The van der Waals surface area contributed by atoms with Crippen molar-refractivity contribution in [3.05, 3.63) is 47.9 Å². The van der Waals surface area contributed by atoms with Crippen molar-refractivity contribution in [1.29, 1.82) is 0 Å². The molecule has 1 aliphatic rings. The Kier molecular flexibility index (Phi) is 5.03. The highest BCUT2D eigenvalue weighted by molar-refractivity contribution is 8.00. The van der Waals surface area contributed by atoms with Gasteiger partial charge in [0.05, 0.1) is 6.20 Å². The number of amides is 1. The van der Waals surface area contributed by atoms with Crippen molar-refractivity contribution in [2.75, 3.05) is 19.8 Å². The molecule has 2 aromatic rings. The average Bonchev–Trinajstić information content (AvgIpc) is 3.01. The molecule has 0 radical (unpaired) electrons. The number of aryl methyl sites for hydroxylation is 1. The van der Waals surface area contributed by atoms with Crippen molar-refractivity contribution in [1.82, 2.24) is 10.5 Å². The van der Waals surface area contributed by atoms with Crippen LogP contribution in [0.15, 0.2) is 45.9 Å². The van der Waals surface area contributed by atoms with Gasteiger partial charge in [-0.05, 0) is 31.9 Å². The minimum absolute atomic E-state index is 0.0413. The van der Waals surface area contributed by atoms with E-state index in [0.717, 1.165) is 26.1 Å². The molecule has 5 nitrogen and oxygen atoms in total. The Morgan fingerprint density at radius 1 is 1.30 bits per heavy atom. The molecule has 1 amide bonds. The quantitative estimate of drug-likeness (QED) is 0.912. The van der Waals surface area contributed by atoms with Gasteiger partial charge in [0.15, 0.2) is 0 Å². The molecule has 0 aliphatic carbocycles. The summed E-state index contributed by atoms with van der Waals surface area (Å²) in [4.78, 5) is 13.5. The smallest absolute Gasteiger partial charge is 0.256 e. The number of nitrogens with zero attached hydrogens (tertiary/aromatic N) is 1. The first-order chi connectivity index (χ1) is 11.2. The van der Waals surface area contributed by atoms with Crippen LogP contribution in [0.5, 0.6) is 0 Å². The monoisotopic (exact) mass is 332 g/mol. The van der Waals surface area contributed by atoms with Crippen LogP contribution in [-0.4, -0.2) is 35.6 Å². The highest BCUT2D eigenvalue weighted by Crippen LogP contribution is 2.40. The largest absolute Gasteiger partial charge is 0.381 e. The fraction of sp³-hybridized carbons (Fsp3) is 0.412. The minimum atomic E-state index is -0.136. The Hall–Kier alpha value is -1.79. The molecule has 0 spiro atoms. The van der Waals surface area contributed by atoms with Crippen molar-refractivity contribution in [2.24, 2.45) is 0 Å². The van der Waals surface area contributed by atoms with Crippen molar-refractivity contribution in [2.45, 2.75) is 29.4 Å². The van der Waals surface area contributed by atoms with Gasteiger partial charge in [0.2, 0.25) is 0 Å². The van der Waals surface area contributed by atoms with Gasteiger partial charge in [0.1, 0.15) is 11.3 Å². The summed E-state index contributed by atoms with van der Waals surface area (Å²) in [6.07, 6.45) is 3.29. The molecule has 6 heteroatoms. The van der Waals surface area contributed by atoms with Crippen LogP contribution in [0.3, 0.4) is 0 Å². The second kappa shape index (κ2) is 7.19. The molecule has 0 bridgehead atoms. The predicted molar refractivity (Wildman–Crippen MR) is 88.7 cm³/mol. The molecule has 1 aromatic heterocycles. The maximum Gasteiger partial charge on any atom is 0.256 e. The first-order valence-corrected chi connectivity index (χ1v) is 8.51. The van der Waals surface area contributed by atoms with Gasteiger partial charge in [0, 0.05) is 29.4 Å². The zero-order valence-corrected chi connectivity index (χ0v) is 13.9. The van der Waals surface area contributed by atoms with E-state index in [1.807, 2.05) is 30.0 Å². The van der Waals surface area contributed by atoms with Gasteiger partial charge in [-0.2, -0.15) is 0 Å². The van der Waals surface area contributed by atoms with Crippen LogP contribution >= 0.6 is 11.8 Å². The number of carbonyl (C=O) groups excluding carboxylic acids is 1. The molecule has 0 unspecified atom stereocenters. The zero-order chi connectivity index (χ0) is 16.1. The molecule has 1 aromatic carbocycles. The SMILES string of the molecule is Cc1oncc1C(=O)NCC1(Sc2ccccc2)CCOCC1. The van der Waals surface area contributed by atoms with Gasteiger partial charge in [-0.1, -0.05) is 23.4 Å². The number of carbonyl (C=O) groups is 1. The summed E-state index contributed by atoms with van der Waals surface area (Å²) in [5.41, 5.74) is 0.497. The molecular formula is C17H20N2O3S. The van der Waals surface area contributed by atoms with E-state index in [2.05, 4.69) is 22.6 Å². The first kappa shape index (κ1) is 16.1. The van der Waals surface area contributed by atoms with E-state index in [9.17, 15) is 4.79 Å². The topological polar surface area (TPSA) is 64.4 Å². The van der Waals surface area contributed by atoms with Gasteiger partial charge in [-0.15, -0.1) is 11.8 Å². The van der Waals surface area contributed by atoms with E-state index in [0.29, 0.717) is 17.9 Å². The number of rotatable bonds is 5. The Balaban J connectivity index is 1.69. The normalized spacial score (nSPS) is 16.9. The Bertz CT molecular complexity index is 651. The fourth-order valence-electron chi connectivity index (χ4n) is 2.65. The van der Waals surface area contributed by atoms with E-state index in [-0.39, 0.29) is 10.7 Å². The molecule has 1 aliphatic heterocycles. The van der Waals surface area contributed by atoms with Gasteiger partial charge < -0.3 is 14.6 Å². The molecule has 2 heterocycles. The molecule has 1 fully saturated rings. The molecule has 122 valence electrons. The van der Waals surface area contributed by atoms with Gasteiger partial charge >= 0.3 is 0 Å². The third-order valence-electron chi connectivity index (χ3n) is 4.05. The van der Waals surface area contributed by atoms with Crippen LogP contribution in [0, 0.1) is 6.92 Å². The molecule has 23 heavy (non-hydrogen) atoms. The molecule has 1 N–H and O–H groups in total. The molecule has 0 atom stereocenters. The summed E-state index contributed by atoms with van der Waals surface area (Å²) in [7, 11) is 0. The summed E-state index contributed by atoms with van der Waals surface area (Å²) in [5.74, 6) is 0.405. The van der Waals surface area contributed by atoms with Crippen LogP contribution in [0.1, 0.15) is 29.0 Å². The molecule has 3 rings (SSSR count). The van der Waals surface area contributed by atoms with Crippen LogP contribution in [-0.2, 0) is 4.74 Å². The number of hydrogen-bond acceptors (Lipinski definition) is 5. The number of benzene rings is 1. The Morgan fingerprint density at radius 2 is 2.04 bits per heavy atom. The zero-order valence-electron chi connectivity index (χ0n) is 13.1. The second-order valence-corrected chi connectivity index (χ2v) is 7.23. The standard InChI is InChI=1S/C17H20N2O3S/c1-13-15(11-19-22-13)16(20)18-12-17(7-9-21-10-8-17)23-14-5-3-2-4-6-14/h2-6,11H,7-10,12H2,1H3,(H,18,20). The minimum Gasteiger partial charge on any atom is -0.381 e. The number of ether oxygens (including phenoxy) is 1. The van der Waals surface area contributed by atoms with Crippen molar-refractivity contribution >= 4 is 17.7 Å². The molecular weight excluding hydrogens is 312 g/mol. The van der Waals surface area contributed by atoms with E-state index < -0.39 is 0 Å². The Morgan fingerprint density at radius 3 is 2.70 bits per heavy atom. The summed E-state index contributed by atoms with van der Waals surface area (Å²) >= 11 is 1.82. The maximum absolute atomic E-state index is 12.3. The summed E-state index contributed by atoms with van der Waals surface area (Å²) < 4.78 is 10.4. The molecule has 1 saturated heterocycles. The molecule has 0 saturated carbocycles. The van der Waals surface area contributed by atoms with Gasteiger partial charge in [-0.25, -0.2) is 0 Å². The van der Waals surface area contributed by atoms with Crippen molar-refractivity contribution < 1.29 is 14.1 Å². The fourth-order valence-corrected chi connectivity index (χ4v) is 3.96. The summed E-state index contributed by atoms with van der Waals surface area (Å²) in [5, 5.41) is 6.70. The second-order valence-electron chi connectivity index (χ2n) is 5.69. The highest BCUT2D eigenvalue weighted by atomic mass is 32.2. The average molecular weight is 332 g/mol. The number of thioether (sulfide) groups is 1. The van der Waals surface area contributed by atoms with E-state index >= 15 is 0 Å². The summed E-state index contributed by atoms with van der Waals surface area (Å²) in [6.45, 7) is 3.79. The first-order valence-electron chi connectivity index (χ1n) is 7.70. The number of hydrogen-bond donors (Lipinski definition) is 1. The lowest BCUT2D eigenvalue weighted by Crippen LogP contribution is -2.44. The lowest BCUT2D eigenvalue weighted by atomic mass is 9.99.